The average Bonchev–Trinajstić information content (AvgIpc) is 2.79. The third-order valence-corrected chi connectivity index (χ3v) is 6.14. The van der Waals surface area contributed by atoms with Crippen molar-refractivity contribution < 1.29 is 0 Å². The molecule has 1 unspecified atom stereocenters. The summed E-state index contributed by atoms with van der Waals surface area (Å²) in [5.74, 6) is 5.82. The first kappa shape index (κ1) is 12.8. The molecule has 4 heteroatoms. The molecule has 4 saturated carbocycles. The van der Waals surface area contributed by atoms with Gasteiger partial charge < -0.3 is 10.3 Å². The highest BCUT2D eigenvalue weighted by atomic mass is 15.3. The number of nitrogens with zero attached hydrogens (tertiary/aromatic N) is 3. The van der Waals surface area contributed by atoms with Crippen LogP contribution in [0.25, 0.3) is 0 Å². The summed E-state index contributed by atoms with van der Waals surface area (Å²) < 4.78 is 2.43. The van der Waals surface area contributed by atoms with Gasteiger partial charge in [-0.1, -0.05) is 6.92 Å². The van der Waals surface area contributed by atoms with Crippen molar-refractivity contribution in [2.45, 2.75) is 64.5 Å². The molecule has 1 heterocycles. The van der Waals surface area contributed by atoms with Crippen molar-refractivity contribution in [1.29, 1.82) is 0 Å². The molecule has 0 aliphatic heterocycles. The Morgan fingerprint density at radius 1 is 1.10 bits per heavy atom. The highest BCUT2D eigenvalue weighted by Gasteiger charge is 2.49. The van der Waals surface area contributed by atoms with Crippen LogP contribution in [0.2, 0.25) is 0 Å². The summed E-state index contributed by atoms with van der Waals surface area (Å²) >= 11 is 0. The topological polar surface area (TPSA) is 56.7 Å². The Kier molecular flexibility index (Phi) is 2.92. The lowest BCUT2D eigenvalue weighted by Gasteiger charge is -2.55. The van der Waals surface area contributed by atoms with Gasteiger partial charge in [0.1, 0.15) is 11.6 Å². The van der Waals surface area contributed by atoms with Crippen molar-refractivity contribution in [3.63, 3.8) is 0 Å². The summed E-state index contributed by atoms with van der Waals surface area (Å²) in [5, 5.41) is 8.76. The first-order valence-corrected chi connectivity index (χ1v) is 8.34. The van der Waals surface area contributed by atoms with Crippen LogP contribution in [-0.4, -0.2) is 14.8 Å². The second-order valence-corrected chi connectivity index (χ2v) is 7.41. The lowest BCUT2D eigenvalue weighted by molar-refractivity contribution is -0.0312. The Hall–Kier alpha value is -0.900. The van der Waals surface area contributed by atoms with Crippen LogP contribution < -0.4 is 5.73 Å². The Morgan fingerprint density at radius 3 is 2.25 bits per heavy atom. The molecule has 110 valence electrons. The number of hydrogen-bond acceptors (Lipinski definition) is 3. The molecule has 1 atom stereocenters. The molecule has 4 fully saturated rings. The fourth-order valence-corrected chi connectivity index (χ4v) is 5.51. The van der Waals surface area contributed by atoms with E-state index in [2.05, 4.69) is 28.6 Å². The van der Waals surface area contributed by atoms with E-state index in [0.717, 1.165) is 41.7 Å². The summed E-state index contributed by atoms with van der Waals surface area (Å²) in [5.41, 5.74) is 6.28. The Morgan fingerprint density at radius 2 is 1.70 bits per heavy atom. The second kappa shape index (κ2) is 4.55. The standard InChI is InChI=1S/C16H26N4/c1-3-14(17)16-19-18-9(2)20(16)15-12-5-10-4-11(7-12)8-13(15)6-10/h10-15H,3-8,17H2,1-2H3. The van der Waals surface area contributed by atoms with Crippen LogP contribution >= 0.6 is 0 Å². The molecular formula is C16H26N4. The average molecular weight is 274 g/mol. The Bertz CT molecular complexity index is 479. The van der Waals surface area contributed by atoms with E-state index in [-0.39, 0.29) is 6.04 Å². The largest absolute Gasteiger partial charge is 0.321 e. The number of nitrogens with two attached hydrogens (primary N) is 1. The van der Waals surface area contributed by atoms with Crippen LogP contribution in [0.5, 0.6) is 0 Å². The minimum Gasteiger partial charge on any atom is -0.321 e. The summed E-state index contributed by atoms with van der Waals surface area (Å²) in [6.07, 6.45) is 8.14. The molecule has 0 aromatic carbocycles. The lowest BCUT2D eigenvalue weighted by atomic mass is 9.54. The van der Waals surface area contributed by atoms with E-state index < -0.39 is 0 Å². The van der Waals surface area contributed by atoms with Gasteiger partial charge in [0.15, 0.2) is 0 Å². The van der Waals surface area contributed by atoms with Gasteiger partial charge in [0, 0.05) is 6.04 Å². The van der Waals surface area contributed by atoms with E-state index in [1.54, 1.807) is 0 Å². The highest BCUT2D eigenvalue weighted by Crippen LogP contribution is 2.58. The molecule has 0 spiro atoms. The molecular weight excluding hydrogens is 248 g/mol. The fraction of sp³-hybridized carbons (Fsp3) is 0.875. The summed E-state index contributed by atoms with van der Waals surface area (Å²) in [4.78, 5) is 0. The minimum absolute atomic E-state index is 0.0355. The van der Waals surface area contributed by atoms with E-state index in [9.17, 15) is 0 Å². The van der Waals surface area contributed by atoms with Crippen molar-refractivity contribution >= 4 is 0 Å². The third kappa shape index (κ3) is 1.77. The molecule has 0 saturated heterocycles. The van der Waals surface area contributed by atoms with Gasteiger partial charge in [0.25, 0.3) is 0 Å². The van der Waals surface area contributed by atoms with Gasteiger partial charge in [-0.2, -0.15) is 0 Å². The van der Waals surface area contributed by atoms with Crippen molar-refractivity contribution in [1.82, 2.24) is 14.8 Å². The minimum atomic E-state index is 0.0355. The maximum absolute atomic E-state index is 6.28. The Balaban J connectivity index is 1.72. The smallest absolute Gasteiger partial charge is 0.150 e. The zero-order chi connectivity index (χ0) is 13.9. The van der Waals surface area contributed by atoms with Crippen LogP contribution in [0.3, 0.4) is 0 Å². The molecule has 4 nitrogen and oxygen atoms in total. The maximum Gasteiger partial charge on any atom is 0.150 e. The van der Waals surface area contributed by atoms with Crippen molar-refractivity contribution in [2.75, 3.05) is 0 Å². The number of aryl methyl sites for hydroxylation is 1. The van der Waals surface area contributed by atoms with Gasteiger partial charge in [-0.15, -0.1) is 10.2 Å². The van der Waals surface area contributed by atoms with E-state index in [0.29, 0.717) is 6.04 Å². The predicted octanol–water partition coefficient (Wildman–Crippen LogP) is 2.99. The van der Waals surface area contributed by atoms with Crippen LogP contribution in [0.4, 0.5) is 0 Å². The van der Waals surface area contributed by atoms with Crippen molar-refractivity contribution in [3.05, 3.63) is 11.6 Å². The van der Waals surface area contributed by atoms with Gasteiger partial charge in [-0.3, -0.25) is 0 Å². The molecule has 1 aromatic rings. The number of hydrogen-bond donors (Lipinski definition) is 1. The first-order chi connectivity index (χ1) is 9.67. The van der Waals surface area contributed by atoms with E-state index >= 15 is 0 Å². The van der Waals surface area contributed by atoms with Gasteiger partial charge in [-0.25, -0.2) is 0 Å². The van der Waals surface area contributed by atoms with E-state index in [1.165, 1.54) is 32.1 Å². The van der Waals surface area contributed by atoms with E-state index in [1.807, 2.05) is 0 Å². The lowest BCUT2D eigenvalue weighted by Crippen LogP contribution is -2.46. The van der Waals surface area contributed by atoms with Crippen LogP contribution in [0.15, 0.2) is 0 Å². The summed E-state index contributed by atoms with van der Waals surface area (Å²) in [7, 11) is 0. The summed E-state index contributed by atoms with van der Waals surface area (Å²) in [6, 6.07) is 0.666. The molecule has 20 heavy (non-hydrogen) atoms. The second-order valence-electron chi connectivity index (χ2n) is 7.41. The fourth-order valence-electron chi connectivity index (χ4n) is 5.51. The normalized spacial score (nSPS) is 40.2. The molecule has 4 aliphatic carbocycles. The SMILES string of the molecule is CCC(N)c1nnc(C)n1C1C2CC3CC(C2)CC1C3. The zero-order valence-electron chi connectivity index (χ0n) is 12.6. The third-order valence-electron chi connectivity index (χ3n) is 6.14. The molecule has 4 aliphatic rings. The van der Waals surface area contributed by atoms with Crippen molar-refractivity contribution in [3.8, 4) is 0 Å². The quantitative estimate of drug-likeness (QED) is 0.922. The van der Waals surface area contributed by atoms with Crippen LogP contribution in [0.1, 0.15) is 69.2 Å². The molecule has 0 amide bonds. The molecule has 2 N–H and O–H groups in total. The van der Waals surface area contributed by atoms with Crippen LogP contribution in [-0.2, 0) is 0 Å². The van der Waals surface area contributed by atoms with Crippen LogP contribution in [0, 0.1) is 30.6 Å². The molecule has 0 radical (unpaired) electrons. The van der Waals surface area contributed by atoms with Gasteiger partial charge in [0.2, 0.25) is 0 Å². The van der Waals surface area contributed by atoms with Gasteiger partial charge >= 0.3 is 0 Å². The number of aromatic nitrogens is 3. The summed E-state index contributed by atoms with van der Waals surface area (Å²) in [6.45, 7) is 4.24. The van der Waals surface area contributed by atoms with Crippen molar-refractivity contribution in [2.24, 2.45) is 29.4 Å². The monoisotopic (exact) mass is 274 g/mol. The maximum atomic E-state index is 6.28. The van der Waals surface area contributed by atoms with E-state index in [4.69, 9.17) is 5.73 Å². The molecule has 5 rings (SSSR count). The number of rotatable bonds is 3. The van der Waals surface area contributed by atoms with Gasteiger partial charge in [0.05, 0.1) is 6.04 Å². The zero-order valence-corrected chi connectivity index (χ0v) is 12.6. The molecule has 4 bridgehead atoms. The Labute approximate surface area is 121 Å². The van der Waals surface area contributed by atoms with Gasteiger partial charge in [-0.05, 0) is 69.1 Å². The first-order valence-electron chi connectivity index (χ1n) is 8.34. The highest BCUT2D eigenvalue weighted by molar-refractivity contribution is 5.08. The molecule has 1 aromatic heterocycles. The predicted molar refractivity (Wildman–Crippen MR) is 78.1 cm³/mol.